The Labute approximate surface area is 98.9 Å². The number of rotatable bonds is 6. The van der Waals surface area contributed by atoms with Crippen LogP contribution in [0, 0.1) is 6.92 Å². The Hall–Kier alpha value is -0.930. The summed E-state index contributed by atoms with van der Waals surface area (Å²) >= 11 is 0. The Bertz CT molecular complexity index is 310. The van der Waals surface area contributed by atoms with Gasteiger partial charge in [-0.2, -0.15) is 0 Å². The minimum atomic E-state index is 0.544. The quantitative estimate of drug-likeness (QED) is 0.794. The second-order valence-corrected chi connectivity index (χ2v) is 4.74. The van der Waals surface area contributed by atoms with Crippen LogP contribution in [0.25, 0.3) is 0 Å². The van der Waals surface area contributed by atoms with E-state index in [-0.39, 0.29) is 0 Å². The van der Waals surface area contributed by atoms with Crippen molar-refractivity contribution in [2.24, 2.45) is 0 Å². The molecule has 1 aromatic rings. The van der Waals surface area contributed by atoms with E-state index in [4.69, 9.17) is 0 Å². The van der Waals surface area contributed by atoms with Crippen LogP contribution in [0.3, 0.4) is 0 Å². The van der Waals surface area contributed by atoms with E-state index < -0.39 is 0 Å². The molecule has 0 aliphatic rings. The highest BCUT2D eigenvalue weighted by atomic mass is 15.1. The number of hydrogen-bond donors (Lipinski definition) is 1. The van der Waals surface area contributed by atoms with Gasteiger partial charge in [-0.1, -0.05) is 6.07 Å². The van der Waals surface area contributed by atoms with Gasteiger partial charge in [0.15, 0.2) is 0 Å². The molecule has 0 saturated heterocycles. The van der Waals surface area contributed by atoms with Gasteiger partial charge in [-0.25, -0.2) is 0 Å². The van der Waals surface area contributed by atoms with E-state index in [0.29, 0.717) is 6.04 Å². The molecule has 1 rings (SSSR count). The standard InChI is InChI=1S/C13H23N3/c1-11-7-13(9-14-8-11)10-15-12(2)5-6-16(3)4/h7-9,12,15H,5-6,10H2,1-4H3. The summed E-state index contributed by atoms with van der Waals surface area (Å²) in [7, 11) is 4.22. The number of nitrogens with zero attached hydrogens (tertiary/aromatic N) is 2. The fraction of sp³-hybridized carbons (Fsp3) is 0.615. The molecule has 0 aliphatic carbocycles. The molecule has 0 aromatic carbocycles. The first-order chi connectivity index (χ1) is 7.58. The second-order valence-electron chi connectivity index (χ2n) is 4.74. The van der Waals surface area contributed by atoms with Crippen LogP contribution in [0.1, 0.15) is 24.5 Å². The molecule has 0 saturated carbocycles. The van der Waals surface area contributed by atoms with E-state index in [0.717, 1.165) is 13.1 Å². The van der Waals surface area contributed by atoms with Crippen molar-refractivity contribution in [2.75, 3.05) is 20.6 Å². The summed E-state index contributed by atoms with van der Waals surface area (Å²) in [5, 5.41) is 3.51. The third-order valence-electron chi connectivity index (χ3n) is 2.60. The first-order valence-electron chi connectivity index (χ1n) is 5.86. The molecule has 0 spiro atoms. The molecule has 3 heteroatoms. The predicted octanol–water partition coefficient (Wildman–Crippen LogP) is 1.82. The van der Waals surface area contributed by atoms with Gasteiger partial charge in [0, 0.05) is 25.0 Å². The molecule has 1 heterocycles. The summed E-state index contributed by atoms with van der Waals surface area (Å²) in [5.74, 6) is 0. The molecule has 0 radical (unpaired) electrons. The maximum atomic E-state index is 4.19. The molecule has 90 valence electrons. The van der Waals surface area contributed by atoms with Crippen LogP contribution in [-0.4, -0.2) is 36.6 Å². The second kappa shape index (κ2) is 6.61. The first kappa shape index (κ1) is 13.1. The summed E-state index contributed by atoms with van der Waals surface area (Å²) in [6, 6.07) is 2.72. The lowest BCUT2D eigenvalue weighted by Gasteiger charge is -2.16. The Morgan fingerprint density at radius 1 is 1.38 bits per heavy atom. The topological polar surface area (TPSA) is 28.2 Å². The van der Waals surface area contributed by atoms with E-state index in [9.17, 15) is 0 Å². The Kier molecular flexibility index (Phi) is 5.43. The van der Waals surface area contributed by atoms with E-state index in [1.165, 1.54) is 17.5 Å². The average Bonchev–Trinajstić information content (AvgIpc) is 2.23. The van der Waals surface area contributed by atoms with Gasteiger partial charge in [0.1, 0.15) is 0 Å². The predicted molar refractivity (Wildman–Crippen MR) is 68.4 cm³/mol. The number of pyridine rings is 1. The maximum Gasteiger partial charge on any atom is 0.0313 e. The SMILES string of the molecule is Cc1cncc(CNC(C)CCN(C)C)c1. The van der Waals surface area contributed by atoms with Crippen LogP contribution >= 0.6 is 0 Å². The molecular formula is C13H23N3. The lowest BCUT2D eigenvalue weighted by molar-refractivity contribution is 0.365. The number of nitrogens with one attached hydrogen (secondary N) is 1. The monoisotopic (exact) mass is 221 g/mol. The highest BCUT2D eigenvalue weighted by Crippen LogP contribution is 2.02. The number of aryl methyl sites for hydroxylation is 1. The minimum absolute atomic E-state index is 0.544. The zero-order valence-electron chi connectivity index (χ0n) is 10.8. The largest absolute Gasteiger partial charge is 0.310 e. The molecule has 1 unspecified atom stereocenters. The highest BCUT2D eigenvalue weighted by molar-refractivity contribution is 5.16. The molecule has 0 aliphatic heterocycles. The zero-order chi connectivity index (χ0) is 12.0. The molecule has 0 bridgehead atoms. The van der Waals surface area contributed by atoms with E-state index in [1.807, 2.05) is 12.4 Å². The zero-order valence-corrected chi connectivity index (χ0v) is 10.8. The van der Waals surface area contributed by atoms with Gasteiger partial charge in [0.2, 0.25) is 0 Å². The van der Waals surface area contributed by atoms with Crippen LogP contribution in [0.2, 0.25) is 0 Å². The van der Waals surface area contributed by atoms with Crippen molar-refractivity contribution in [3.8, 4) is 0 Å². The van der Waals surface area contributed by atoms with Crippen molar-refractivity contribution in [1.82, 2.24) is 15.2 Å². The molecule has 1 N–H and O–H groups in total. The van der Waals surface area contributed by atoms with Crippen LogP contribution < -0.4 is 5.32 Å². The summed E-state index contributed by atoms with van der Waals surface area (Å²) in [5.41, 5.74) is 2.48. The number of aromatic nitrogens is 1. The Morgan fingerprint density at radius 2 is 2.12 bits per heavy atom. The van der Waals surface area contributed by atoms with E-state index in [1.54, 1.807) is 0 Å². The van der Waals surface area contributed by atoms with Crippen molar-refractivity contribution in [3.63, 3.8) is 0 Å². The summed E-state index contributed by atoms with van der Waals surface area (Å²) in [4.78, 5) is 6.40. The molecule has 3 nitrogen and oxygen atoms in total. The molecule has 1 atom stereocenters. The fourth-order valence-electron chi connectivity index (χ4n) is 1.56. The van der Waals surface area contributed by atoms with E-state index >= 15 is 0 Å². The normalized spacial score (nSPS) is 13.1. The average molecular weight is 221 g/mol. The molecule has 1 aromatic heterocycles. The van der Waals surface area contributed by atoms with Gasteiger partial charge >= 0.3 is 0 Å². The molecule has 16 heavy (non-hydrogen) atoms. The highest BCUT2D eigenvalue weighted by Gasteiger charge is 2.02. The van der Waals surface area contributed by atoms with Crippen molar-refractivity contribution in [1.29, 1.82) is 0 Å². The van der Waals surface area contributed by atoms with Gasteiger partial charge < -0.3 is 10.2 Å². The van der Waals surface area contributed by atoms with Crippen LogP contribution in [0.15, 0.2) is 18.5 Å². The fourth-order valence-corrected chi connectivity index (χ4v) is 1.56. The van der Waals surface area contributed by atoms with Crippen molar-refractivity contribution >= 4 is 0 Å². The summed E-state index contributed by atoms with van der Waals surface area (Å²) in [6.45, 7) is 6.34. The van der Waals surface area contributed by atoms with Gasteiger partial charge in [-0.3, -0.25) is 4.98 Å². The Morgan fingerprint density at radius 3 is 2.75 bits per heavy atom. The summed E-state index contributed by atoms with van der Waals surface area (Å²) < 4.78 is 0. The van der Waals surface area contributed by atoms with Gasteiger partial charge in [0.05, 0.1) is 0 Å². The lowest BCUT2D eigenvalue weighted by atomic mass is 10.2. The smallest absolute Gasteiger partial charge is 0.0313 e. The first-order valence-corrected chi connectivity index (χ1v) is 5.86. The van der Waals surface area contributed by atoms with Gasteiger partial charge in [-0.05, 0) is 52.0 Å². The molecule has 0 amide bonds. The summed E-state index contributed by atoms with van der Waals surface area (Å²) in [6.07, 6.45) is 4.99. The van der Waals surface area contributed by atoms with Crippen LogP contribution in [-0.2, 0) is 6.54 Å². The maximum absolute atomic E-state index is 4.19. The van der Waals surface area contributed by atoms with Crippen molar-refractivity contribution in [3.05, 3.63) is 29.6 Å². The third kappa shape index (κ3) is 5.24. The van der Waals surface area contributed by atoms with Gasteiger partial charge in [0.25, 0.3) is 0 Å². The van der Waals surface area contributed by atoms with Gasteiger partial charge in [-0.15, -0.1) is 0 Å². The minimum Gasteiger partial charge on any atom is -0.310 e. The molecule has 0 fully saturated rings. The van der Waals surface area contributed by atoms with Crippen molar-refractivity contribution in [2.45, 2.75) is 32.9 Å². The van der Waals surface area contributed by atoms with E-state index in [2.05, 4.69) is 49.2 Å². The molecular weight excluding hydrogens is 198 g/mol. The third-order valence-corrected chi connectivity index (χ3v) is 2.60. The van der Waals surface area contributed by atoms with Crippen LogP contribution in [0.5, 0.6) is 0 Å². The van der Waals surface area contributed by atoms with Crippen molar-refractivity contribution < 1.29 is 0 Å². The van der Waals surface area contributed by atoms with Crippen LogP contribution in [0.4, 0.5) is 0 Å². The Balaban J connectivity index is 2.28. The number of hydrogen-bond acceptors (Lipinski definition) is 3. The lowest BCUT2D eigenvalue weighted by Crippen LogP contribution is -2.29.